The fourth-order valence-electron chi connectivity index (χ4n) is 2.17. The first kappa shape index (κ1) is 12.8. The number of anilines is 1. The Morgan fingerprint density at radius 1 is 1.39 bits per heavy atom. The SMILES string of the molecule is N#Cc1cc(F)c(NCCC2CCNC2)c(F)c1. The highest BCUT2D eigenvalue weighted by Crippen LogP contribution is 2.21. The van der Waals surface area contributed by atoms with E-state index in [1.54, 1.807) is 6.07 Å². The summed E-state index contributed by atoms with van der Waals surface area (Å²) in [5, 5.41) is 14.6. The van der Waals surface area contributed by atoms with Crippen molar-refractivity contribution >= 4 is 5.69 Å². The molecular weight excluding hydrogens is 236 g/mol. The minimum absolute atomic E-state index is 0.00413. The van der Waals surface area contributed by atoms with Crippen LogP contribution in [0.1, 0.15) is 18.4 Å². The first-order valence-corrected chi connectivity index (χ1v) is 6.04. The first-order chi connectivity index (χ1) is 8.70. The van der Waals surface area contributed by atoms with Gasteiger partial charge in [-0.3, -0.25) is 0 Å². The molecule has 1 heterocycles. The molecule has 0 aliphatic carbocycles. The van der Waals surface area contributed by atoms with E-state index in [0.29, 0.717) is 12.5 Å². The Hall–Kier alpha value is -1.67. The lowest BCUT2D eigenvalue weighted by molar-refractivity contribution is 0.543. The summed E-state index contributed by atoms with van der Waals surface area (Å²) in [5.41, 5.74) is -0.143. The summed E-state index contributed by atoms with van der Waals surface area (Å²) in [4.78, 5) is 0. The van der Waals surface area contributed by atoms with Gasteiger partial charge in [0.25, 0.3) is 0 Å². The van der Waals surface area contributed by atoms with Crippen LogP contribution in [0.2, 0.25) is 0 Å². The van der Waals surface area contributed by atoms with Gasteiger partial charge in [0, 0.05) is 6.54 Å². The Morgan fingerprint density at radius 2 is 2.11 bits per heavy atom. The highest BCUT2D eigenvalue weighted by Gasteiger charge is 2.15. The number of benzene rings is 1. The molecule has 0 aromatic heterocycles. The molecule has 1 aliphatic rings. The van der Waals surface area contributed by atoms with Crippen LogP contribution in [0.15, 0.2) is 12.1 Å². The predicted molar refractivity (Wildman–Crippen MR) is 65.2 cm³/mol. The number of hydrogen-bond donors (Lipinski definition) is 2. The molecule has 2 rings (SSSR count). The van der Waals surface area contributed by atoms with Crippen LogP contribution in [0.5, 0.6) is 0 Å². The van der Waals surface area contributed by atoms with Crippen molar-refractivity contribution in [3.63, 3.8) is 0 Å². The van der Waals surface area contributed by atoms with E-state index in [1.807, 2.05) is 0 Å². The standard InChI is InChI=1S/C13H15F2N3/c14-11-5-10(7-16)6-12(15)13(11)18-4-2-9-1-3-17-8-9/h5-6,9,17-18H,1-4,8H2. The van der Waals surface area contributed by atoms with Gasteiger partial charge in [-0.25, -0.2) is 8.78 Å². The molecule has 0 radical (unpaired) electrons. The number of nitriles is 1. The Morgan fingerprint density at radius 3 is 2.67 bits per heavy atom. The third-order valence-corrected chi connectivity index (χ3v) is 3.19. The Kier molecular flexibility index (Phi) is 4.11. The fourth-order valence-corrected chi connectivity index (χ4v) is 2.17. The van der Waals surface area contributed by atoms with E-state index < -0.39 is 11.6 Å². The van der Waals surface area contributed by atoms with Gasteiger partial charge in [0.1, 0.15) is 5.69 Å². The van der Waals surface area contributed by atoms with Gasteiger partial charge in [-0.05, 0) is 44.0 Å². The molecule has 5 heteroatoms. The van der Waals surface area contributed by atoms with E-state index in [2.05, 4.69) is 10.6 Å². The quantitative estimate of drug-likeness (QED) is 0.862. The van der Waals surface area contributed by atoms with Gasteiger partial charge in [0.2, 0.25) is 0 Å². The zero-order chi connectivity index (χ0) is 13.0. The zero-order valence-electron chi connectivity index (χ0n) is 9.97. The summed E-state index contributed by atoms with van der Waals surface area (Å²) in [5.74, 6) is -0.853. The summed E-state index contributed by atoms with van der Waals surface area (Å²) in [6.07, 6.45) is 1.99. The molecule has 1 fully saturated rings. The summed E-state index contributed by atoms with van der Waals surface area (Å²) >= 11 is 0. The normalized spacial score (nSPS) is 18.6. The van der Waals surface area contributed by atoms with Crippen molar-refractivity contribution in [3.8, 4) is 6.07 Å². The van der Waals surface area contributed by atoms with Crippen molar-refractivity contribution in [2.75, 3.05) is 25.0 Å². The average Bonchev–Trinajstić information content (AvgIpc) is 2.85. The fraction of sp³-hybridized carbons (Fsp3) is 0.462. The first-order valence-electron chi connectivity index (χ1n) is 6.04. The van der Waals surface area contributed by atoms with Crippen LogP contribution in [0.4, 0.5) is 14.5 Å². The van der Waals surface area contributed by atoms with Gasteiger partial charge in [-0.15, -0.1) is 0 Å². The highest BCUT2D eigenvalue weighted by molar-refractivity contribution is 5.50. The van der Waals surface area contributed by atoms with Crippen molar-refractivity contribution in [3.05, 3.63) is 29.3 Å². The van der Waals surface area contributed by atoms with E-state index in [-0.39, 0.29) is 11.3 Å². The molecule has 3 nitrogen and oxygen atoms in total. The topological polar surface area (TPSA) is 47.9 Å². The van der Waals surface area contributed by atoms with Crippen molar-refractivity contribution in [2.24, 2.45) is 5.92 Å². The lowest BCUT2D eigenvalue weighted by atomic mass is 10.1. The monoisotopic (exact) mass is 251 g/mol. The van der Waals surface area contributed by atoms with Gasteiger partial charge in [0.15, 0.2) is 11.6 Å². The largest absolute Gasteiger partial charge is 0.380 e. The maximum absolute atomic E-state index is 13.5. The maximum Gasteiger partial charge on any atom is 0.150 e. The predicted octanol–water partition coefficient (Wildman–Crippen LogP) is 2.25. The molecule has 1 aromatic rings. The van der Waals surface area contributed by atoms with Crippen LogP contribution in [0.25, 0.3) is 0 Å². The van der Waals surface area contributed by atoms with E-state index >= 15 is 0 Å². The Bertz CT molecular complexity index is 439. The highest BCUT2D eigenvalue weighted by atomic mass is 19.1. The van der Waals surface area contributed by atoms with Crippen LogP contribution in [0.3, 0.4) is 0 Å². The van der Waals surface area contributed by atoms with E-state index in [4.69, 9.17) is 5.26 Å². The van der Waals surface area contributed by atoms with Gasteiger partial charge >= 0.3 is 0 Å². The number of hydrogen-bond acceptors (Lipinski definition) is 3. The van der Waals surface area contributed by atoms with Crippen molar-refractivity contribution in [2.45, 2.75) is 12.8 Å². The third kappa shape index (κ3) is 2.96. The van der Waals surface area contributed by atoms with Crippen LogP contribution >= 0.6 is 0 Å². The molecule has 1 aromatic carbocycles. The lowest BCUT2D eigenvalue weighted by Gasteiger charge is -2.11. The number of rotatable bonds is 4. The second-order valence-electron chi connectivity index (χ2n) is 4.50. The van der Waals surface area contributed by atoms with E-state index in [1.165, 1.54) is 0 Å². The minimum Gasteiger partial charge on any atom is -0.380 e. The molecule has 0 bridgehead atoms. The molecule has 0 spiro atoms. The summed E-state index contributed by atoms with van der Waals surface area (Å²) in [6, 6.07) is 3.81. The van der Waals surface area contributed by atoms with Gasteiger partial charge in [0.05, 0.1) is 11.6 Å². The summed E-state index contributed by atoms with van der Waals surface area (Å²) in [7, 11) is 0. The van der Waals surface area contributed by atoms with Crippen molar-refractivity contribution in [1.29, 1.82) is 5.26 Å². The molecule has 18 heavy (non-hydrogen) atoms. The second kappa shape index (κ2) is 5.78. The van der Waals surface area contributed by atoms with Crippen molar-refractivity contribution < 1.29 is 8.78 Å². The van der Waals surface area contributed by atoms with Gasteiger partial charge < -0.3 is 10.6 Å². The summed E-state index contributed by atoms with van der Waals surface area (Å²) in [6.45, 7) is 2.52. The van der Waals surface area contributed by atoms with E-state index in [9.17, 15) is 8.78 Å². The Balaban J connectivity index is 1.94. The lowest BCUT2D eigenvalue weighted by Crippen LogP contribution is -2.13. The maximum atomic E-state index is 13.5. The van der Waals surface area contributed by atoms with Crippen LogP contribution in [0, 0.1) is 28.9 Å². The molecule has 2 N–H and O–H groups in total. The van der Waals surface area contributed by atoms with Gasteiger partial charge in [-0.2, -0.15) is 5.26 Å². The van der Waals surface area contributed by atoms with Gasteiger partial charge in [-0.1, -0.05) is 0 Å². The van der Waals surface area contributed by atoms with E-state index in [0.717, 1.165) is 38.1 Å². The molecule has 0 saturated carbocycles. The molecule has 1 unspecified atom stereocenters. The average molecular weight is 251 g/mol. The minimum atomic E-state index is -0.712. The molecule has 0 amide bonds. The van der Waals surface area contributed by atoms with Crippen LogP contribution in [-0.2, 0) is 0 Å². The smallest absolute Gasteiger partial charge is 0.150 e. The zero-order valence-corrected chi connectivity index (χ0v) is 9.97. The molecule has 1 aliphatic heterocycles. The third-order valence-electron chi connectivity index (χ3n) is 3.19. The molecule has 1 saturated heterocycles. The molecule has 96 valence electrons. The number of halogens is 2. The number of nitrogens with one attached hydrogen (secondary N) is 2. The van der Waals surface area contributed by atoms with Crippen LogP contribution < -0.4 is 10.6 Å². The molecular formula is C13H15F2N3. The summed E-state index contributed by atoms with van der Waals surface area (Å²) < 4.78 is 27.1. The molecule has 1 atom stereocenters. The number of nitrogens with zero attached hydrogens (tertiary/aromatic N) is 1. The van der Waals surface area contributed by atoms with Crippen molar-refractivity contribution in [1.82, 2.24) is 5.32 Å². The Labute approximate surface area is 105 Å². The second-order valence-corrected chi connectivity index (χ2v) is 4.50. The van der Waals surface area contributed by atoms with Crippen LogP contribution in [-0.4, -0.2) is 19.6 Å².